The summed E-state index contributed by atoms with van der Waals surface area (Å²) in [5.41, 5.74) is 10.3. The monoisotopic (exact) mass is 310 g/mol. The number of hydrogen-bond acceptors (Lipinski definition) is 3. The van der Waals surface area contributed by atoms with Crippen LogP contribution in [0, 0.1) is 0 Å². The number of nitrogens with one attached hydrogen (secondary N) is 1. The fourth-order valence-electron chi connectivity index (χ4n) is 3.12. The zero-order valence-electron chi connectivity index (χ0n) is 14.2. The van der Waals surface area contributed by atoms with Crippen LogP contribution in [0.1, 0.15) is 57.3 Å². The number of pyridine rings is 1. The smallest absolute Gasteiger partial charge is 0.150 e. The molecular formula is C19H26N4. The number of imidazole rings is 1. The summed E-state index contributed by atoms with van der Waals surface area (Å²) in [5.74, 6) is 1.54. The molecule has 3 N–H and O–H groups in total. The number of nitrogens with two attached hydrogens (primary N) is 1. The Bertz CT molecular complexity index is 804. The Kier molecular flexibility index (Phi) is 4.79. The lowest BCUT2D eigenvalue weighted by molar-refractivity contribution is 0.667. The van der Waals surface area contributed by atoms with Gasteiger partial charge in [-0.05, 0) is 30.9 Å². The highest BCUT2D eigenvalue weighted by Gasteiger charge is 2.11. The van der Waals surface area contributed by atoms with Gasteiger partial charge in [-0.25, -0.2) is 9.97 Å². The van der Waals surface area contributed by atoms with Crippen molar-refractivity contribution in [2.45, 2.75) is 58.8 Å². The van der Waals surface area contributed by atoms with Crippen LogP contribution < -0.4 is 5.73 Å². The van der Waals surface area contributed by atoms with E-state index in [0.717, 1.165) is 47.0 Å². The number of unbranched alkanes of at least 4 members (excludes halogenated alkanes) is 3. The Morgan fingerprint density at radius 3 is 2.65 bits per heavy atom. The number of benzene rings is 1. The third-order valence-electron chi connectivity index (χ3n) is 4.37. The van der Waals surface area contributed by atoms with Crippen molar-refractivity contribution in [1.82, 2.24) is 15.0 Å². The van der Waals surface area contributed by atoms with Gasteiger partial charge in [-0.2, -0.15) is 0 Å². The standard InChI is InChI=1S/C19H26N4/c1-3-5-6-7-9-13-10-11-14-15(12-13)21-19(20)18-17(14)22-16(23-18)8-4-2/h10-12H,3-9H2,1-2H3,(H2,20,21)(H,22,23). The Morgan fingerprint density at radius 1 is 1.00 bits per heavy atom. The largest absolute Gasteiger partial charge is 0.382 e. The Morgan fingerprint density at radius 2 is 1.87 bits per heavy atom. The van der Waals surface area contributed by atoms with Gasteiger partial charge in [0.05, 0.1) is 5.52 Å². The average Bonchev–Trinajstić information content (AvgIpc) is 2.96. The van der Waals surface area contributed by atoms with E-state index < -0.39 is 0 Å². The highest BCUT2D eigenvalue weighted by molar-refractivity contribution is 6.06. The maximum absolute atomic E-state index is 6.14. The van der Waals surface area contributed by atoms with Crippen molar-refractivity contribution in [3.63, 3.8) is 0 Å². The van der Waals surface area contributed by atoms with E-state index in [4.69, 9.17) is 10.7 Å². The van der Waals surface area contributed by atoms with Gasteiger partial charge in [-0.1, -0.05) is 45.2 Å². The summed E-state index contributed by atoms with van der Waals surface area (Å²) < 4.78 is 0. The van der Waals surface area contributed by atoms with E-state index in [9.17, 15) is 0 Å². The molecule has 0 aliphatic rings. The van der Waals surface area contributed by atoms with E-state index in [1.165, 1.54) is 31.2 Å². The number of hydrogen-bond donors (Lipinski definition) is 2. The number of aromatic nitrogens is 3. The molecule has 2 aromatic heterocycles. The first kappa shape index (κ1) is 15.8. The Hall–Kier alpha value is -2.10. The van der Waals surface area contributed by atoms with Gasteiger partial charge in [-0.3, -0.25) is 0 Å². The molecule has 4 heteroatoms. The van der Waals surface area contributed by atoms with E-state index in [1.54, 1.807) is 0 Å². The molecule has 3 aromatic rings. The third-order valence-corrected chi connectivity index (χ3v) is 4.37. The van der Waals surface area contributed by atoms with Crippen LogP contribution >= 0.6 is 0 Å². The molecule has 0 bridgehead atoms. The van der Waals surface area contributed by atoms with Crippen molar-refractivity contribution in [2.24, 2.45) is 0 Å². The van der Waals surface area contributed by atoms with Crippen molar-refractivity contribution >= 4 is 27.8 Å². The maximum Gasteiger partial charge on any atom is 0.150 e. The highest BCUT2D eigenvalue weighted by Crippen LogP contribution is 2.27. The second kappa shape index (κ2) is 6.99. The molecule has 3 rings (SSSR count). The average molecular weight is 310 g/mol. The number of anilines is 1. The molecule has 0 unspecified atom stereocenters. The highest BCUT2D eigenvalue weighted by atomic mass is 15.0. The van der Waals surface area contributed by atoms with Gasteiger partial charge in [0.2, 0.25) is 0 Å². The van der Waals surface area contributed by atoms with Crippen molar-refractivity contribution in [3.8, 4) is 0 Å². The van der Waals surface area contributed by atoms with Crippen LogP contribution in [0.5, 0.6) is 0 Å². The lowest BCUT2D eigenvalue weighted by Crippen LogP contribution is -1.94. The van der Waals surface area contributed by atoms with Gasteiger partial charge in [0.1, 0.15) is 22.7 Å². The minimum Gasteiger partial charge on any atom is -0.382 e. The van der Waals surface area contributed by atoms with Crippen LogP contribution in [0.4, 0.5) is 5.82 Å². The number of nitrogens with zero attached hydrogens (tertiary/aromatic N) is 2. The van der Waals surface area contributed by atoms with Gasteiger partial charge in [-0.15, -0.1) is 0 Å². The number of H-pyrrole nitrogens is 1. The molecule has 0 amide bonds. The van der Waals surface area contributed by atoms with E-state index >= 15 is 0 Å². The van der Waals surface area contributed by atoms with E-state index in [2.05, 4.69) is 42.0 Å². The zero-order valence-corrected chi connectivity index (χ0v) is 14.2. The number of aryl methyl sites for hydroxylation is 2. The van der Waals surface area contributed by atoms with Crippen LogP contribution in [0.15, 0.2) is 18.2 Å². The first-order valence-corrected chi connectivity index (χ1v) is 8.79. The molecule has 0 aliphatic heterocycles. The van der Waals surface area contributed by atoms with Crippen LogP contribution in [-0.4, -0.2) is 15.0 Å². The van der Waals surface area contributed by atoms with Crippen molar-refractivity contribution in [3.05, 3.63) is 29.6 Å². The summed E-state index contributed by atoms with van der Waals surface area (Å²) in [6, 6.07) is 6.53. The van der Waals surface area contributed by atoms with E-state index in [1.807, 2.05) is 0 Å². The fraction of sp³-hybridized carbons (Fsp3) is 0.474. The maximum atomic E-state index is 6.14. The van der Waals surface area contributed by atoms with Crippen molar-refractivity contribution < 1.29 is 0 Å². The molecule has 23 heavy (non-hydrogen) atoms. The number of aromatic amines is 1. The summed E-state index contributed by atoms with van der Waals surface area (Å²) >= 11 is 0. The van der Waals surface area contributed by atoms with E-state index in [0.29, 0.717) is 5.82 Å². The minimum absolute atomic E-state index is 0.547. The topological polar surface area (TPSA) is 67.6 Å². The summed E-state index contributed by atoms with van der Waals surface area (Å²) in [5, 5.41) is 1.09. The van der Waals surface area contributed by atoms with Gasteiger partial charge in [0.15, 0.2) is 0 Å². The van der Waals surface area contributed by atoms with Crippen LogP contribution in [-0.2, 0) is 12.8 Å². The fourth-order valence-corrected chi connectivity index (χ4v) is 3.12. The summed E-state index contributed by atoms with van der Waals surface area (Å²) in [6.07, 6.45) is 8.22. The normalized spacial score (nSPS) is 11.6. The van der Waals surface area contributed by atoms with Crippen LogP contribution in [0.2, 0.25) is 0 Å². The molecule has 1 aromatic carbocycles. The lowest BCUT2D eigenvalue weighted by atomic mass is 10.0. The zero-order chi connectivity index (χ0) is 16.2. The molecule has 0 saturated heterocycles. The quantitative estimate of drug-likeness (QED) is 0.618. The lowest BCUT2D eigenvalue weighted by Gasteiger charge is -2.05. The first-order valence-electron chi connectivity index (χ1n) is 8.79. The molecule has 2 heterocycles. The van der Waals surface area contributed by atoms with Gasteiger partial charge >= 0.3 is 0 Å². The second-order valence-corrected chi connectivity index (χ2v) is 6.32. The molecule has 4 nitrogen and oxygen atoms in total. The van der Waals surface area contributed by atoms with Crippen molar-refractivity contribution in [1.29, 1.82) is 0 Å². The molecule has 0 atom stereocenters. The minimum atomic E-state index is 0.547. The van der Waals surface area contributed by atoms with Gasteiger partial charge in [0.25, 0.3) is 0 Å². The van der Waals surface area contributed by atoms with E-state index in [-0.39, 0.29) is 0 Å². The van der Waals surface area contributed by atoms with Crippen LogP contribution in [0.3, 0.4) is 0 Å². The molecule has 0 aliphatic carbocycles. The predicted molar refractivity (Wildman–Crippen MR) is 97.6 cm³/mol. The summed E-state index contributed by atoms with van der Waals surface area (Å²) in [6.45, 7) is 4.39. The molecular weight excluding hydrogens is 284 g/mol. The molecule has 122 valence electrons. The Balaban J connectivity index is 1.94. The first-order chi connectivity index (χ1) is 11.2. The summed E-state index contributed by atoms with van der Waals surface area (Å²) in [4.78, 5) is 12.6. The van der Waals surface area contributed by atoms with Gasteiger partial charge < -0.3 is 10.7 Å². The molecule has 0 spiro atoms. The van der Waals surface area contributed by atoms with Crippen molar-refractivity contribution in [2.75, 3.05) is 5.73 Å². The van der Waals surface area contributed by atoms with Gasteiger partial charge in [0, 0.05) is 11.8 Å². The molecule has 0 radical (unpaired) electrons. The van der Waals surface area contributed by atoms with Crippen LogP contribution in [0.25, 0.3) is 21.9 Å². The third kappa shape index (κ3) is 3.31. The second-order valence-electron chi connectivity index (χ2n) is 6.32. The molecule has 0 saturated carbocycles. The number of nitrogen functional groups attached to an aromatic ring is 1. The summed E-state index contributed by atoms with van der Waals surface area (Å²) in [7, 11) is 0. The Labute approximate surface area is 137 Å². The predicted octanol–water partition coefficient (Wildman–Crippen LogP) is 4.77. The molecule has 0 fully saturated rings. The SMILES string of the molecule is CCCCCCc1ccc2c(c1)nc(N)c1[nH]c(CCC)nc12. The number of rotatable bonds is 7. The number of fused-ring (bicyclic) bond motifs is 3.